The Kier molecular flexibility index (Phi) is 4.71. The average Bonchev–Trinajstić information content (AvgIpc) is 2.54. The molecule has 0 spiro atoms. The Bertz CT molecular complexity index is 617. The zero-order valence-corrected chi connectivity index (χ0v) is 12.2. The van der Waals surface area contributed by atoms with Crippen LogP contribution in [0.4, 0.5) is 0 Å². The molecule has 0 saturated carbocycles. The van der Waals surface area contributed by atoms with Gasteiger partial charge in [0.25, 0.3) is 5.91 Å². The van der Waals surface area contributed by atoms with Gasteiger partial charge in [-0.05, 0) is 17.7 Å². The van der Waals surface area contributed by atoms with Gasteiger partial charge in [0.1, 0.15) is 5.69 Å². The molecule has 21 heavy (non-hydrogen) atoms. The lowest BCUT2D eigenvalue weighted by Gasteiger charge is -2.17. The minimum absolute atomic E-state index is 0.183. The Balaban J connectivity index is 2.12. The molecule has 0 fully saturated rings. The third-order valence-electron chi connectivity index (χ3n) is 3.00. The summed E-state index contributed by atoms with van der Waals surface area (Å²) in [6, 6.07) is 5.55. The van der Waals surface area contributed by atoms with Gasteiger partial charge in [0.2, 0.25) is 0 Å². The normalized spacial score (nSPS) is 10.0. The molecule has 1 amide bonds. The maximum absolute atomic E-state index is 12.2. The summed E-state index contributed by atoms with van der Waals surface area (Å²) < 4.78 is 10.4. The molecule has 0 aliphatic heterocycles. The minimum Gasteiger partial charge on any atom is -0.493 e. The number of nitrogens with zero attached hydrogens (tertiary/aromatic N) is 3. The van der Waals surface area contributed by atoms with Crippen molar-refractivity contribution in [3.63, 3.8) is 0 Å². The van der Waals surface area contributed by atoms with Crippen LogP contribution in [0.25, 0.3) is 0 Å². The molecule has 2 rings (SSSR count). The van der Waals surface area contributed by atoms with Crippen LogP contribution in [0.5, 0.6) is 11.5 Å². The molecule has 0 saturated heterocycles. The second-order valence-electron chi connectivity index (χ2n) is 4.44. The molecule has 0 aliphatic carbocycles. The van der Waals surface area contributed by atoms with Crippen molar-refractivity contribution in [2.75, 3.05) is 21.3 Å². The van der Waals surface area contributed by atoms with Crippen molar-refractivity contribution >= 4 is 5.91 Å². The number of rotatable bonds is 5. The van der Waals surface area contributed by atoms with Crippen molar-refractivity contribution in [3.8, 4) is 11.5 Å². The van der Waals surface area contributed by atoms with Crippen molar-refractivity contribution in [2.45, 2.75) is 6.54 Å². The molecular formula is C15H17N3O3. The van der Waals surface area contributed by atoms with Crippen LogP contribution in [-0.4, -0.2) is 42.0 Å². The number of benzene rings is 1. The Hall–Kier alpha value is -2.63. The fourth-order valence-electron chi connectivity index (χ4n) is 1.93. The smallest absolute Gasteiger partial charge is 0.274 e. The van der Waals surface area contributed by atoms with Gasteiger partial charge < -0.3 is 14.4 Å². The van der Waals surface area contributed by atoms with Crippen molar-refractivity contribution in [1.82, 2.24) is 14.9 Å². The van der Waals surface area contributed by atoms with E-state index in [0.717, 1.165) is 5.56 Å². The van der Waals surface area contributed by atoms with Gasteiger partial charge in [0, 0.05) is 26.0 Å². The summed E-state index contributed by atoms with van der Waals surface area (Å²) in [7, 11) is 4.88. The van der Waals surface area contributed by atoms with Gasteiger partial charge in [-0.15, -0.1) is 0 Å². The van der Waals surface area contributed by atoms with E-state index < -0.39 is 0 Å². The molecule has 2 aromatic rings. The molecule has 1 aromatic heterocycles. The fourth-order valence-corrected chi connectivity index (χ4v) is 1.93. The number of methoxy groups -OCH3 is 2. The van der Waals surface area contributed by atoms with E-state index in [9.17, 15) is 4.79 Å². The van der Waals surface area contributed by atoms with E-state index in [1.165, 1.54) is 18.6 Å². The first kappa shape index (κ1) is 14.8. The first-order valence-corrected chi connectivity index (χ1v) is 6.38. The number of carbonyl (C=O) groups excluding carboxylic acids is 1. The molecule has 0 radical (unpaired) electrons. The summed E-state index contributed by atoms with van der Waals surface area (Å²) in [5, 5.41) is 0. The quantitative estimate of drug-likeness (QED) is 0.838. The number of aromatic nitrogens is 2. The standard InChI is InChI=1S/C15H17N3O3/c1-18(15(19)12-9-16-6-7-17-12)10-11-4-5-13(20-2)14(8-11)21-3/h4-9H,10H2,1-3H3. The average molecular weight is 287 g/mol. The van der Waals surface area contributed by atoms with E-state index in [2.05, 4.69) is 9.97 Å². The predicted molar refractivity (Wildman–Crippen MR) is 77.4 cm³/mol. The van der Waals surface area contributed by atoms with Gasteiger partial charge in [-0.3, -0.25) is 9.78 Å². The van der Waals surface area contributed by atoms with Crippen LogP contribution in [0.15, 0.2) is 36.8 Å². The molecule has 1 aromatic carbocycles. The molecule has 0 atom stereocenters. The second-order valence-corrected chi connectivity index (χ2v) is 4.44. The second kappa shape index (κ2) is 6.69. The third kappa shape index (κ3) is 3.47. The molecule has 6 nitrogen and oxygen atoms in total. The van der Waals surface area contributed by atoms with Gasteiger partial charge in [-0.1, -0.05) is 6.07 Å². The summed E-state index contributed by atoms with van der Waals surface area (Å²) in [6.07, 6.45) is 4.48. The highest BCUT2D eigenvalue weighted by atomic mass is 16.5. The maximum atomic E-state index is 12.2. The highest BCUT2D eigenvalue weighted by Gasteiger charge is 2.14. The van der Waals surface area contributed by atoms with Crippen LogP contribution in [0.1, 0.15) is 16.1 Å². The number of amides is 1. The molecule has 0 bridgehead atoms. The monoisotopic (exact) mass is 287 g/mol. The molecular weight excluding hydrogens is 270 g/mol. The maximum Gasteiger partial charge on any atom is 0.274 e. The first-order valence-electron chi connectivity index (χ1n) is 6.38. The number of carbonyl (C=O) groups is 1. The van der Waals surface area contributed by atoms with E-state index in [-0.39, 0.29) is 5.91 Å². The van der Waals surface area contributed by atoms with Crippen LogP contribution in [0.3, 0.4) is 0 Å². The van der Waals surface area contributed by atoms with E-state index in [4.69, 9.17) is 9.47 Å². The number of ether oxygens (including phenoxy) is 2. The van der Waals surface area contributed by atoms with Crippen molar-refractivity contribution in [2.24, 2.45) is 0 Å². The molecule has 0 unspecified atom stereocenters. The van der Waals surface area contributed by atoms with Crippen LogP contribution in [0.2, 0.25) is 0 Å². The summed E-state index contributed by atoms with van der Waals surface area (Å²) >= 11 is 0. The van der Waals surface area contributed by atoms with Crippen molar-refractivity contribution in [1.29, 1.82) is 0 Å². The Labute approximate surface area is 123 Å². The SMILES string of the molecule is COc1ccc(CN(C)C(=O)c2cnccn2)cc1OC. The van der Waals surface area contributed by atoms with E-state index >= 15 is 0 Å². The van der Waals surface area contributed by atoms with Gasteiger partial charge in [0.05, 0.1) is 20.4 Å². The lowest BCUT2D eigenvalue weighted by molar-refractivity contribution is 0.0778. The predicted octanol–water partition coefficient (Wildman–Crippen LogP) is 1.77. The van der Waals surface area contributed by atoms with Gasteiger partial charge in [0.15, 0.2) is 11.5 Å². The van der Waals surface area contributed by atoms with Gasteiger partial charge in [-0.2, -0.15) is 0 Å². The van der Waals surface area contributed by atoms with Crippen molar-refractivity contribution in [3.05, 3.63) is 48.0 Å². The third-order valence-corrected chi connectivity index (χ3v) is 3.00. The fraction of sp³-hybridized carbons (Fsp3) is 0.267. The topological polar surface area (TPSA) is 64.5 Å². The van der Waals surface area contributed by atoms with E-state index in [1.807, 2.05) is 18.2 Å². The summed E-state index contributed by atoms with van der Waals surface area (Å²) in [5.41, 5.74) is 1.26. The van der Waals surface area contributed by atoms with Crippen LogP contribution in [0, 0.1) is 0 Å². The highest BCUT2D eigenvalue weighted by molar-refractivity contribution is 5.91. The van der Waals surface area contributed by atoms with Crippen LogP contribution >= 0.6 is 0 Å². The largest absolute Gasteiger partial charge is 0.493 e. The Morgan fingerprint density at radius 1 is 1.19 bits per heavy atom. The number of hydrogen-bond donors (Lipinski definition) is 0. The summed E-state index contributed by atoms with van der Waals surface area (Å²) in [5.74, 6) is 1.11. The molecule has 6 heteroatoms. The highest BCUT2D eigenvalue weighted by Crippen LogP contribution is 2.27. The van der Waals surface area contributed by atoms with Crippen LogP contribution in [-0.2, 0) is 6.54 Å². The summed E-state index contributed by atoms with van der Waals surface area (Å²) in [6.45, 7) is 0.440. The first-order chi connectivity index (χ1) is 10.2. The zero-order chi connectivity index (χ0) is 15.2. The molecule has 0 aliphatic rings. The Morgan fingerprint density at radius 2 is 1.95 bits per heavy atom. The van der Waals surface area contributed by atoms with Crippen molar-refractivity contribution < 1.29 is 14.3 Å². The number of hydrogen-bond acceptors (Lipinski definition) is 5. The van der Waals surface area contributed by atoms with E-state index in [0.29, 0.717) is 23.7 Å². The lowest BCUT2D eigenvalue weighted by Crippen LogP contribution is -2.27. The van der Waals surface area contributed by atoms with Gasteiger partial charge >= 0.3 is 0 Å². The zero-order valence-electron chi connectivity index (χ0n) is 12.2. The van der Waals surface area contributed by atoms with Gasteiger partial charge in [-0.25, -0.2) is 4.98 Å². The van der Waals surface area contributed by atoms with Crippen LogP contribution < -0.4 is 9.47 Å². The Morgan fingerprint density at radius 3 is 2.57 bits per heavy atom. The lowest BCUT2D eigenvalue weighted by atomic mass is 10.2. The summed E-state index contributed by atoms with van der Waals surface area (Å²) in [4.78, 5) is 21.7. The minimum atomic E-state index is -0.183. The van der Waals surface area contributed by atoms with E-state index in [1.54, 1.807) is 26.2 Å². The molecule has 110 valence electrons. The molecule has 0 N–H and O–H groups in total. The molecule has 1 heterocycles.